The van der Waals surface area contributed by atoms with Crippen molar-refractivity contribution in [3.63, 3.8) is 0 Å². The van der Waals surface area contributed by atoms with Crippen LogP contribution in [0.1, 0.15) is 0 Å². The number of aromatic nitrogens is 2. The summed E-state index contributed by atoms with van der Waals surface area (Å²) >= 11 is 0. The fraction of sp³-hybridized carbons (Fsp3) is 0. The maximum Gasteiger partial charge on any atom is 0.124 e. The normalized spacial score (nSPS) is 10.8. The van der Waals surface area contributed by atoms with Gasteiger partial charge in [-0.2, -0.15) is 0 Å². The van der Waals surface area contributed by atoms with Gasteiger partial charge in [-0.05, 0) is 30.3 Å². The summed E-state index contributed by atoms with van der Waals surface area (Å²) < 4.78 is 0. The average Bonchev–Trinajstić information content (AvgIpc) is 2.74. The minimum atomic E-state index is 0.258. The molecule has 0 bridgehead atoms. The highest BCUT2D eigenvalue weighted by Gasteiger charge is 2.07. The molecule has 0 fully saturated rings. The van der Waals surface area contributed by atoms with Crippen LogP contribution in [0.25, 0.3) is 22.3 Å². The molecule has 3 rings (SSSR count). The second-order valence-corrected chi connectivity index (χ2v) is 3.90. The van der Waals surface area contributed by atoms with Crippen LogP contribution < -0.4 is 5.73 Å². The standard InChI is InChI=1S/C13H11N3O/c14-8-4-5-15-11(6-8)12-7-9-10(16-12)2-1-3-13(9)17/h1-7,16-17H,(H2,14,15). The van der Waals surface area contributed by atoms with Crippen LogP contribution in [-0.2, 0) is 0 Å². The van der Waals surface area contributed by atoms with Crippen molar-refractivity contribution in [2.24, 2.45) is 0 Å². The van der Waals surface area contributed by atoms with E-state index in [2.05, 4.69) is 9.97 Å². The molecule has 1 aromatic carbocycles. The molecule has 0 saturated carbocycles. The molecule has 0 aliphatic carbocycles. The number of anilines is 1. The lowest BCUT2D eigenvalue weighted by atomic mass is 10.2. The molecule has 84 valence electrons. The summed E-state index contributed by atoms with van der Waals surface area (Å²) in [7, 11) is 0. The van der Waals surface area contributed by atoms with Gasteiger partial charge in [0, 0.05) is 22.8 Å². The molecule has 2 heterocycles. The van der Waals surface area contributed by atoms with E-state index in [4.69, 9.17) is 5.73 Å². The zero-order valence-electron chi connectivity index (χ0n) is 9.01. The molecule has 0 saturated heterocycles. The number of nitrogens with zero attached hydrogens (tertiary/aromatic N) is 1. The summed E-state index contributed by atoms with van der Waals surface area (Å²) in [6.07, 6.45) is 1.66. The summed E-state index contributed by atoms with van der Waals surface area (Å²) in [6, 6.07) is 10.8. The monoisotopic (exact) mass is 225 g/mol. The van der Waals surface area contributed by atoms with Crippen LogP contribution in [0.5, 0.6) is 5.75 Å². The number of aromatic hydroxyl groups is 1. The van der Waals surface area contributed by atoms with Crippen molar-refractivity contribution in [3.05, 3.63) is 42.6 Å². The lowest BCUT2D eigenvalue weighted by molar-refractivity contribution is 0.482. The molecule has 4 N–H and O–H groups in total. The van der Waals surface area contributed by atoms with Gasteiger partial charge in [0.15, 0.2) is 0 Å². The van der Waals surface area contributed by atoms with Crippen LogP contribution >= 0.6 is 0 Å². The van der Waals surface area contributed by atoms with Crippen molar-refractivity contribution < 1.29 is 5.11 Å². The lowest BCUT2D eigenvalue weighted by Gasteiger charge is -1.97. The number of rotatable bonds is 1. The van der Waals surface area contributed by atoms with E-state index in [1.54, 1.807) is 30.5 Å². The van der Waals surface area contributed by atoms with Gasteiger partial charge in [-0.25, -0.2) is 0 Å². The number of aromatic amines is 1. The van der Waals surface area contributed by atoms with Gasteiger partial charge in [0.25, 0.3) is 0 Å². The Labute approximate surface area is 97.7 Å². The van der Waals surface area contributed by atoms with Gasteiger partial charge in [-0.3, -0.25) is 4.98 Å². The zero-order chi connectivity index (χ0) is 11.8. The molecule has 17 heavy (non-hydrogen) atoms. The summed E-state index contributed by atoms with van der Waals surface area (Å²) in [5.41, 5.74) is 8.87. The number of benzene rings is 1. The Kier molecular flexibility index (Phi) is 2.01. The predicted molar refractivity (Wildman–Crippen MR) is 67.6 cm³/mol. The third kappa shape index (κ3) is 1.59. The van der Waals surface area contributed by atoms with Gasteiger partial charge in [-0.1, -0.05) is 6.07 Å². The first-order valence-corrected chi connectivity index (χ1v) is 5.26. The Balaban J connectivity index is 2.22. The molecule has 4 nitrogen and oxygen atoms in total. The molecule has 0 aliphatic rings. The highest BCUT2D eigenvalue weighted by molar-refractivity contribution is 5.90. The number of phenolic OH excluding ortho intramolecular Hbond substituents is 1. The molecule has 0 atom stereocenters. The van der Waals surface area contributed by atoms with Crippen LogP contribution in [0.3, 0.4) is 0 Å². The first-order valence-electron chi connectivity index (χ1n) is 5.26. The van der Waals surface area contributed by atoms with Crippen LogP contribution in [0.4, 0.5) is 5.69 Å². The fourth-order valence-corrected chi connectivity index (χ4v) is 1.87. The Morgan fingerprint density at radius 2 is 2.06 bits per heavy atom. The van der Waals surface area contributed by atoms with Gasteiger partial charge in [0.2, 0.25) is 0 Å². The van der Waals surface area contributed by atoms with E-state index in [9.17, 15) is 5.11 Å². The van der Waals surface area contributed by atoms with Crippen molar-refractivity contribution in [1.82, 2.24) is 9.97 Å². The molecule has 4 heteroatoms. The van der Waals surface area contributed by atoms with Gasteiger partial charge in [0.05, 0.1) is 11.4 Å². The number of nitrogens with one attached hydrogen (secondary N) is 1. The Morgan fingerprint density at radius 1 is 1.18 bits per heavy atom. The topological polar surface area (TPSA) is 74.9 Å². The van der Waals surface area contributed by atoms with E-state index in [-0.39, 0.29) is 5.75 Å². The summed E-state index contributed by atoms with van der Waals surface area (Å²) in [6.45, 7) is 0. The van der Waals surface area contributed by atoms with E-state index in [1.807, 2.05) is 12.1 Å². The molecule has 0 spiro atoms. The number of fused-ring (bicyclic) bond motifs is 1. The van der Waals surface area contributed by atoms with Crippen LogP contribution in [0.2, 0.25) is 0 Å². The number of hydrogen-bond donors (Lipinski definition) is 3. The number of H-pyrrole nitrogens is 1. The maximum absolute atomic E-state index is 9.72. The first-order chi connectivity index (χ1) is 8.24. The van der Waals surface area contributed by atoms with Crippen LogP contribution in [-0.4, -0.2) is 15.1 Å². The SMILES string of the molecule is Nc1ccnc(-c2cc3c(O)cccc3[nH]2)c1. The van der Waals surface area contributed by atoms with Crippen molar-refractivity contribution in [3.8, 4) is 17.1 Å². The van der Waals surface area contributed by atoms with Crippen LogP contribution in [0.15, 0.2) is 42.6 Å². The average molecular weight is 225 g/mol. The Morgan fingerprint density at radius 3 is 2.82 bits per heavy atom. The molecular weight excluding hydrogens is 214 g/mol. The van der Waals surface area contributed by atoms with E-state index in [0.29, 0.717) is 5.69 Å². The van der Waals surface area contributed by atoms with E-state index in [0.717, 1.165) is 22.3 Å². The zero-order valence-corrected chi connectivity index (χ0v) is 9.01. The summed E-state index contributed by atoms with van der Waals surface area (Å²) in [5, 5.41) is 10.5. The molecule has 0 amide bonds. The van der Waals surface area contributed by atoms with Crippen molar-refractivity contribution in [2.75, 3.05) is 5.73 Å². The fourth-order valence-electron chi connectivity index (χ4n) is 1.87. The summed E-state index contributed by atoms with van der Waals surface area (Å²) in [4.78, 5) is 7.44. The minimum Gasteiger partial charge on any atom is -0.507 e. The number of nitrogens with two attached hydrogens (primary N) is 1. The number of hydrogen-bond acceptors (Lipinski definition) is 3. The highest BCUT2D eigenvalue weighted by Crippen LogP contribution is 2.29. The second-order valence-electron chi connectivity index (χ2n) is 3.90. The predicted octanol–water partition coefficient (Wildman–Crippen LogP) is 2.52. The molecule has 2 aromatic heterocycles. The molecule has 0 aliphatic heterocycles. The van der Waals surface area contributed by atoms with Gasteiger partial charge < -0.3 is 15.8 Å². The number of pyridine rings is 1. The third-order valence-corrected chi connectivity index (χ3v) is 2.70. The number of phenols is 1. The highest BCUT2D eigenvalue weighted by atomic mass is 16.3. The number of nitrogen functional groups attached to an aromatic ring is 1. The minimum absolute atomic E-state index is 0.258. The first kappa shape index (κ1) is 9.72. The lowest BCUT2D eigenvalue weighted by Crippen LogP contribution is -1.88. The Bertz CT molecular complexity index is 688. The van der Waals surface area contributed by atoms with Crippen molar-refractivity contribution in [2.45, 2.75) is 0 Å². The molecule has 3 aromatic rings. The van der Waals surface area contributed by atoms with Crippen molar-refractivity contribution in [1.29, 1.82) is 0 Å². The Hall–Kier alpha value is -2.49. The van der Waals surface area contributed by atoms with Crippen LogP contribution in [0, 0.1) is 0 Å². The van der Waals surface area contributed by atoms with Gasteiger partial charge in [-0.15, -0.1) is 0 Å². The van der Waals surface area contributed by atoms with Crippen molar-refractivity contribution >= 4 is 16.6 Å². The third-order valence-electron chi connectivity index (χ3n) is 2.70. The molecular formula is C13H11N3O. The maximum atomic E-state index is 9.72. The van der Waals surface area contributed by atoms with Gasteiger partial charge >= 0.3 is 0 Å². The van der Waals surface area contributed by atoms with E-state index < -0.39 is 0 Å². The second kappa shape index (κ2) is 3.52. The largest absolute Gasteiger partial charge is 0.507 e. The van der Waals surface area contributed by atoms with Gasteiger partial charge in [0.1, 0.15) is 5.75 Å². The quantitative estimate of drug-likeness (QED) is 0.595. The smallest absolute Gasteiger partial charge is 0.124 e. The van der Waals surface area contributed by atoms with E-state index in [1.165, 1.54) is 0 Å². The summed E-state index contributed by atoms with van der Waals surface area (Å²) in [5.74, 6) is 0.258. The molecule has 0 radical (unpaired) electrons. The van der Waals surface area contributed by atoms with E-state index >= 15 is 0 Å². The molecule has 0 unspecified atom stereocenters.